The maximum Gasteiger partial charge on any atom is 0.220 e. The largest absolute Gasteiger partial charge is 0.467 e. The Morgan fingerprint density at radius 1 is 1.39 bits per heavy atom. The molecule has 0 radical (unpaired) electrons. The summed E-state index contributed by atoms with van der Waals surface area (Å²) in [6.07, 6.45) is 0.579. The van der Waals surface area contributed by atoms with Gasteiger partial charge < -0.3 is 23.7 Å². The van der Waals surface area contributed by atoms with Gasteiger partial charge in [-0.2, -0.15) is 0 Å². The molecule has 2 aliphatic heterocycles. The van der Waals surface area contributed by atoms with Crippen LogP contribution in [-0.2, 0) is 23.7 Å². The van der Waals surface area contributed by atoms with Gasteiger partial charge >= 0.3 is 0 Å². The average Bonchev–Trinajstić information content (AvgIpc) is 2.64. The average molecular weight is 294 g/mol. The van der Waals surface area contributed by atoms with Crippen LogP contribution >= 0.6 is 24.0 Å². The summed E-state index contributed by atoms with van der Waals surface area (Å²) in [5.74, 6) is -0.635. The fraction of sp³-hybridized carbons (Fsp3) is 0.909. The summed E-state index contributed by atoms with van der Waals surface area (Å²) in [6, 6.07) is 0. The molecule has 0 aromatic heterocycles. The van der Waals surface area contributed by atoms with Gasteiger partial charge in [0.25, 0.3) is 0 Å². The number of ether oxygens (including phenoxy) is 5. The van der Waals surface area contributed by atoms with Gasteiger partial charge in [-0.1, -0.05) is 11.8 Å². The summed E-state index contributed by atoms with van der Waals surface area (Å²) in [5, 5.41) is 0. The Morgan fingerprint density at radius 2 is 2.11 bits per heavy atom. The van der Waals surface area contributed by atoms with Crippen LogP contribution in [0.4, 0.5) is 0 Å². The number of hydrogen-bond donors (Lipinski definition) is 0. The van der Waals surface area contributed by atoms with Crippen LogP contribution in [0.25, 0.3) is 0 Å². The van der Waals surface area contributed by atoms with E-state index in [1.807, 2.05) is 20.1 Å². The Kier molecular flexibility index (Phi) is 4.51. The molecular formula is C11H18O5S2. The van der Waals surface area contributed by atoms with E-state index in [0.717, 1.165) is 0 Å². The predicted octanol–water partition coefficient (Wildman–Crippen LogP) is 1.54. The number of fused-ring (bicyclic) bond motifs is 1. The first kappa shape index (κ1) is 14.5. The van der Waals surface area contributed by atoms with E-state index in [2.05, 4.69) is 0 Å². The molecule has 0 unspecified atom stereocenters. The first-order chi connectivity index (χ1) is 8.46. The van der Waals surface area contributed by atoms with E-state index in [9.17, 15) is 0 Å². The van der Waals surface area contributed by atoms with Crippen LogP contribution in [0, 0.1) is 0 Å². The lowest BCUT2D eigenvalue weighted by Gasteiger charge is -2.36. The normalized spacial score (nSPS) is 38.2. The number of thioether (sulfide) groups is 1. The standard InChI is InChI=1S/C11H18O5S2/c1-11(2)15-6-5-13-9(12-3)8(7(6)16-11)14-10(17)18-4/h6-9H,5H2,1-4H3/t6-,7+,8+,9+/m0/s1. The minimum Gasteiger partial charge on any atom is -0.467 e. The van der Waals surface area contributed by atoms with E-state index in [-0.39, 0.29) is 12.2 Å². The first-order valence-electron chi connectivity index (χ1n) is 5.71. The molecule has 2 heterocycles. The van der Waals surface area contributed by atoms with Crippen LogP contribution in [0.5, 0.6) is 0 Å². The van der Waals surface area contributed by atoms with Gasteiger partial charge in [0.1, 0.15) is 12.2 Å². The molecule has 0 aromatic rings. The molecule has 0 spiro atoms. The lowest BCUT2D eigenvalue weighted by Crippen LogP contribution is -2.53. The van der Waals surface area contributed by atoms with Gasteiger partial charge in [-0.3, -0.25) is 0 Å². The summed E-state index contributed by atoms with van der Waals surface area (Å²) in [6.45, 7) is 4.17. The topological polar surface area (TPSA) is 46.2 Å². The fourth-order valence-corrected chi connectivity index (χ4v) is 2.51. The third-order valence-corrected chi connectivity index (χ3v) is 3.90. The Bertz CT molecular complexity index is 323. The molecule has 0 aromatic carbocycles. The third-order valence-electron chi connectivity index (χ3n) is 2.87. The van der Waals surface area contributed by atoms with Crippen LogP contribution in [0.3, 0.4) is 0 Å². The maximum atomic E-state index is 5.87. The van der Waals surface area contributed by atoms with Gasteiger partial charge in [0.05, 0.1) is 6.61 Å². The second-order valence-electron chi connectivity index (χ2n) is 4.61. The van der Waals surface area contributed by atoms with Gasteiger partial charge in [0.15, 0.2) is 18.2 Å². The van der Waals surface area contributed by atoms with Gasteiger partial charge in [-0.25, -0.2) is 0 Å². The van der Waals surface area contributed by atoms with Crippen molar-refractivity contribution in [2.75, 3.05) is 20.0 Å². The molecule has 0 bridgehead atoms. The van der Waals surface area contributed by atoms with Crippen molar-refractivity contribution in [1.82, 2.24) is 0 Å². The summed E-state index contributed by atoms with van der Waals surface area (Å²) in [4.78, 5) is 0. The summed E-state index contributed by atoms with van der Waals surface area (Å²) < 4.78 is 28.6. The quantitative estimate of drug-likeness (QED) is 0.716. The first-order valence-corrected chi connectivity index (χ1v) is 7.35. The molecule has 4 atom stereocenters. The number of thiocarbonyl (C=S) groups is 1. The van der Waals surface area contributed by atoms with Crippen molar-refractivity contribution in [3.05, 3.63) is 0 Å². The zero-order valence-electron chi connectivity index (χ0n) is 10.9. The maximum absolute atomic E-state index is 5.87. The fourth-order valence-electron chi connectivity index (χ4n) is 2.19. The van der Waals surface area contributed by atoms with Crippen molar-refractivity contribution in [2.24, 2.45) is 0 Å². The molecule has 2 fully saturated rings. The van der Waals surface area contributed by atoms with Gasteiger partial charge in [-0.15, -0.1) is 0 Å². The van der Waals surface area contributed by atoms with Crippen molar-refractivity contribution in [3.63, 3.8) is 0 Å². The predicted molar refractivity (Wildman–Crippen MR) is 71.6 cm³/mol. The molecular weight excluding hydrogens is 276 g/mol. The summed E-state index contributed by atoms with van der Waals surface area (Å²) >= 11 is 6.45. The third kappa shape index (κ3) is 2.97. The SMILES string of the molecule is CO[C@@H]1OC[C@@H]2OC(C)(C)O[C@H]2[C@H]1OC(=S)SC. The zero-order valence-corrected chi connectivity index (χ0v) is 12.5. The van der Waals surface area contributed by atoms with Crippen molar-refractivity contribution >= 4 is 28.4 Å². The minimum atomic E-state index is -0.635. The number of rotatable bonds is 2. The van der Waals surface area contributed by atoms with E-state index >= 15 is 0 Å². The van der Waals surface area contributed by atoms with E-state index in [1.54, 1.807) is 7.11 Å². The van der Waals surface area contributed by atoms with Crippen LogP contribution in [0.2, 0.25) is 0 Å². The van der Waals surface area contributed by atoms with Crippen LogP contribution in [0.15, 0.2) is 0 Å². The molecule has 0 aliphatic carbocycles. The Balaban J connectivity index is 2.12. The van der Waals surface area contributed by atoms with Crippen molar-refractivity contribution < 1.29 is 23.7 Å². The van der Waals surface area contributed by atoms with Crippen LogP contribution in [-0.4, -0.2) is 54.7 Å². The monoisotopic (exact) mass is 294 g/mol. The molecule has 7 heteroatoms. The van der Waals surface area contributed by atoms with E-state index in [1.165, 1.54) is 11.8 Å². The number of hydrogen-bond acceptors (Lipinski definition) is 7. The molecule has 0 N–H and O–H groups in total. The van der Waals surface area contributed by atoms with Crippen molar-refractivity contribution in [1.29, 1.82) is 0 Å². The second kappa shape index (κ2) is 5.60. The van der Waals surface area contributed by atoms with Crippen molar-refractivity contribution in [3.8, 4) is 0 Å². The zero-order chi connectivity index (χ0) is 13.3. The lowest BCUT2D eigenvalue weighted by atomic mass is 10.1. The molecule has 5 nitrogen and oxygen atoms in total. The highest BCUT2D eigenvalue weighted by Gasteiger charge is 2.52. The molecule has 2 rings (SSSR count). The van der Waals surface area contributed by atoms with E-state index < -0.39 is 18.2 Å². The van der Waals surface area contributed by atoms with Crippen molar-refractivity contribution in [2.45, 2.75) is 44.2 Å². The lowest BCUT2D eigenvalue weighted by molar-refractivity contribution is -0.236. The Morgan fingerprint density at radius 3 is 2.72 bits per heavy atom. The molecule has 18 heavy (non-hydrogen) atoms. The highest BCUT2D eigenvalue weighted by atomic mass is 32.2. The van der Waals surface area contributed by atoms with Gasteiger partial charge in [0.2, 0.25) is 4.38 Å². The van der Waals surface area contributed by atoms with Gasteiger partial charge in [-0.05, 0) is 32.3 Å². The highest BCUT2D eigenvalue weighted by molar-refractivity contribution is 8.22. The highest BCUT2D eigenvalue weighted by Crippen LogP contribution is 2.36. The minimum absolute atomic E-state index is 0.152. The van der Waals surface area contributed by atoms with E-state index in [0.29, 0.717) is 11.0 Å². The van der Waals surface area contributed by atoms with Crippen LogP contribution < -0.4 is 0 Å². The Labute approximate surface area is 116 Å². The molecule has 104 valence electrons. The smallest absolute Gasteiger partial charge is 0.220 e. The van der Waals surface area contributed by atoms with Crippen LogP contribution in [0.1, 0.15) is 13.8 Å². The van der Waals surface area contributed by atoms with Gasteiger partial charge in [0, 0.05) is 7.11 Å². The number of methoxy groups -OCH3 is 1. The second-order valence-corrected chi connectivity index (χ2v) is 6.02. The molecule has 2 aliphatic rings. The Hall–Kier alpha value is 0.0800. The molecule has 0 saturated carbocycles. The summed E-state index contributed by atoms with van der Waals surface area (Å²) in [5.41, 5.74) is 0. The molecule has 2 saturated heterocycles. The molecule has 0 amide bonds. The summed E-state index contributed by atoms with van der Waals surface area (Å²) in [7, 11) is 1.57. The van der Waals surface area contributed by atoms with E-state index in [4.69, 9.17) is 35.9 Å².